The van der Waals surface area contributed by atoms with E-state index in [1.54, 1.807) is 6.33 Å². The standard InChI is InChI=1S/C26H27FN6/c27-20-12-10-19(11-13-20)24-30-23-25(28-18-29-26(23)33(24)22-8-4-5-9-22)32-16-14-31(15-17-32)21-6-2-1-3-7-21/h1-3,6-7,10-13,18,22H,4-5,8-9,14-17H2. The Bertz CT molecular complexity index is 1240. The zero-order valence-electron chi connectivity index (χ0n) is 18.6. The van der Waals surface area contributed by atoms with Gasteiger partial charge in [0.25, 0.3) is 0 Å². The lowest BCUT2D eigenvalue weighted by Gasteiger charge is -2.36. The van der Waals surface area contributed by atoms with E-state index in [0.717, 1.165) is 67.4 Å². The zero-order valence-corrected chi connectivity index (χ0v) is 18.6. The van der Waals surface area contributed by atoms with E-state index < -0.39 is 0 Å². The lowest BCUT2D eigenvalue weighted by molar-refractivity contribution is 0.534. The number of anilines is 2. The predicted molar refractivity (Wildman–Crippen MR) is 129 cm³/mol. The molecule has 1 saturated heterocycles. The van der Waals surface area contributed by atoms with E-state index in [4.69, 9.17) is 4.98 Å². The van der Waals surface area contributed by atoms with Crippen LogP contribution in [0.4, 0.5) is 15.9 Å². The van der Waals surface area contributed by atoms with Crippen LogP contribution in [0.1, 0.15) is 31.7 Å². The number of imidazole rings is 1. The molecule has 1 aliphatic heterocycles. The van der Waals surface area contributed by atoms with Gasteiger partial charge in [-0.3, -0.25) is 0 Å². The molecule has 0 unspecified atom stereocenters. The number of para-hydroxylation sites is 1. The molecular formula is C26H27FN6. The smallest absolute Gasteiger partial charge is 0.166 e. The first kappa shape index (κ1) is 20.1. The summed E-state index contributed by atoms with van der Waals surface area (Å²) in [6.45, 7) is 3.62. The van der Waals surface area contributed by atoms with Crippen LogP contribution >= 0.6 is 0 Å². The van der Waals surface area contributed by atoms with E-state index in [0.29, 0.717) is 6.04 Å². The van der Waals surface area contributed by atoms with E-state index >= 15 is 0 Å². The summed E-state index contributed by atoms with van der Waals surface area (Å²) in [5.74, 6) is 1.52. The highest BCUT2D eigenvalue weighted by molar-refractivity contribution is 5.87. The first-order chi connectivity index (χ1) is 16.3. The summed E-state index contributed by atoms with van der Waals surface area (Å²) in [7, 11) is 0. The molecule has 0 amide bonds. The minimum atomic E-state index is -0.237. The number of aromatic nitrogens is 4. The second kappa shape index (κ2) is 8.46. The monoisotopic (exact) mass is 442 g/mol. The van der Waals surface area contributed by atoms with E-state index in [-0.39, 0.29) is 5.82 Å². The van der Waals surface area contributed by atoms with Gasteiger partial charge in [-0.05, 0) is 49.2 Å². The lowest BCUT2D eigenvalue weighted by Crippen LogP contribution is -2.46. The quantitative estimate of drug-likeness (QED) is 0.441. The van der Waals surface area contributed by atoms with Crippen molar-refractivity contribution in [2.24, 2.45) is 0 Å². The highest BCUT2D eigenvalue weighted by Crippen LogP contribution is 2.38. The molecule has 6 nitrogen and oxygen atoms in total. The number of nitrogens with zero attached hydrogens (tertiary/aromatic N) is 6. The molecule has 33 heavy (non-hydrogen) atoms. The summed E-state index contributed by atoms with van der Waals surface area (Å²) >= 11 is 0. The Morgan fingerprint density at radius 2 is 1.48 bits per heavy atom. The van der Waals surface area contributed by atoms with Gasteiger partial charge < -0.3 is 14.4 Å². The third-order valence-corrected chi connectivity index (χ3v) is 6.95. The Balaban J connectivity index is 1.38. The summed E-state index contributed by atoms with van der Waals surface area (Å²) < 4.78 is 15.9. The van der Waals surface area contributed by atoms with Crippen LogP contribution in [0, 0.1) is 5.82 Å². The molecule has 7 heteroatoms. The van der Waals surface area contributed by atoms with Crippen LogP contribution in [0.15, 0.2) is 60.9 Å². The van der Waals surface area contributed by atoms with Crippen molar-refractivity contribution >= 4 is 22.7 Å². The molecular weight excluding hydrogens is 415 g/mol. The van der Waals surface area contributed by atoms with Crippen molar-refractivity contribution in [3.63, 3.8) is 0 Å². The van der Waals surface area contributed by atoms with Crippen LogP contribution in [0.5, 0.6) is 0 Å². The molecule has 3 heterocycles. The highest BCUT2D eigenvalue weighted by Gasteiger charge is 2.28. The maximum atomic E-state index is 13.6. The molecule has 168 valence electrons. The molecule has 1 aliphatic carbocycles. The summed E-state index contributed by atoms with van der Waals surface area (Å²) in [5.41, 5.74) is 3.91. The topological polar surface area (TPSA) is 50.1 Å². The van der Waals surface area contributed by atoms with Crippen molar-refractivity contribution in [2.45, 2.75) is 31.7 Å². The normalized spacial score (nSPS) is 17.2. The first-order valence-electron chi connectivity index (χ1n) is 11.8. The summed E-state index contributed by atoms with van der Waals surface area (Å²) in [5, 5.41) is 0. The van der Waals surface area contributed by atoms with Gasteiger partial charge in [-0.1, -0.05) is 31.0 Å². The largest absolute Gasteiger partial charge is 0.368 e. The molecule has 0 spiro atoms. The number of hydrogen-bond acceptors (Lipinski definition) is 5. The van der Waals surface area contributed by atoms with E-state index in [1.165, 1.54) is 30.7 Å². The predicted octanol–water partition coefficient (Wildman–Crippen LogP) is 5.07. The minimum Gasteiger partial charge on any atom is -0.368 e. The summed E-state index contributed by atoms with van der Waals surface area (Å²) in [6.07, 6.45) is 6.34. The molecule has 2 aromatic carbocycles. The summed E-state index contributed by atoms with van der Waals surface area (Å²) in [4.78, 5) is 19.2. The maximum Gasteiger partial charge on any atom is 0.166 e. The van der Waals surface area contributed by atoms with Crippen molar-refractivity contribution in [3.8, 4) is 11.4 Å². The van der Waals surface area contributed by atoms with Crippen molar-refractivity contribution in [2.75, 3.05) is 36.0 Å². The Morgan fingerprint density at radius 3 is 2.21 bits per heavy atom. The summed E-state index contributed by atoms with van der Waals surface area (Å²) in [6, 6.07) is 17.6. The molecule has 2 aliphatic rings. The van der Waals surface area contributed by atoms with E-state index in [2.05, 4.69) is 54.7 Å². The van der Waals surface area contributed by atoms with Crippen LogP contribution in [0.25, 0.3) is 22.6 Å². The van der Waals surface area contributed by atoms with Crippen LogP contribution in [0.3, 0.4) is 0 Å². The van der Waals surface area contributed by atoms with Gasteiger partial charge >= 0.3 is 0 Å². The van der Waals surface area contributed by atoms with Crippen LogP contribution in [0.2, 0.25) is 0 Å². The minimum absolute atomic E-state index is 0.237. The number of hydrogen-bond donors (Lipinski definition) is 0. The van der Waals surface area contributed by atoms with Gasteiger partial charge in [0.1, 0.15) is 18.0 Å². The SMILES string of the molecule is Fc1ccc(-c2nc3c(N4CCN(c5ccccc5)CC4)ncnc3n2C2CCCC2)cc1. The molecule has 1 saturated carbocycles. The molecule has 6 rings (SSSR count). The number of benzene rings is 2. The van der Waals surface area contributed by atoms with Gasteiger partial charge in [0.15, 0.2) is 17.0 Å². The van der Waals surface area contributed by atoms with Crippen LogP contribution < -0.4 is 9.80 Å². The van der Waals surface area contributed by atoms with Crippen molar-refractivity contribution in [1.82, 2.24) is 19.5 Å². The Morgan fingerprint density at radius 1 is 0.788 bits per heavy atom. The number of halogens is 1. The zero-order chi connectivity index (χ0) is 22.2. The molecule has 0 N–H and O–H groups in total. The Labute approximate surface area is 192 Å². The lowest BCUT2D eigenvalue weighted by atomic mass is 10.2. The van der Waals surface area contributed by atoms with Gasteiger partial charge in [-0.15, -0.1) is 0 Å². The average Bonchev–Trinajstić information content (AvgIpc) is 3.53. The number of fused-ring (bicyclic) bond motifs is 1. The Hall–Kier alpha value is -3.48. The number of rotatable bonds is 4. The van der Waals surface area contributed by atoms with Gasteiger partial charge in [0.2, 0.25) is 0 Å². The van der Waals surface area contributed by atoms with Crippen molar-refractivity contribution in [1.29, 1.82) is 0 Å². The molecule has 2 fully saturated rings. The molecule has 4 aromatic rings. The maximum absolute atomic E-state index is 13.6. The molecule has 2 aromatic heterocycles. The molecule has 0 bridgehead atoms. The van der Waals surface area contributed by atoms with Gasteiger partial charge in [0.05, 0.1) is 0 Å². The van der Waals surface area contributed by atoms with Gasteiger partial charge in [-0.25, -0.2) is 19.3 Å². The average molecular weight is 443 g/mol. The third-order valence-electron chi connectivity index (χ3n) is 6.95. The Kier molecular flexibility index (Phi) is 5.17. The second-order valence-corrected chi connectivity index (χ2v) is 8.93. The second-order valence-electron chi connectivity index (χ2n) is 8.93. The van der Waals surface area contributed by atoms with Gasteiger partial charge in [-0.2, -0.15) is 0 Å². The van der Waals surface area contributed by atoms with Crippen molar-refractivity contribution < 1.29 is 4.39 Å². The fourth-order valence-electron chi connectivity index (χ4n) is 5.25. The van der Waals surface area contributed by atoms with Crippen LogP contribution in [-0.4, -0.2) is 45.7 Å². The van der Waals surface area contributed by atoms with E-state index in [9.17, 15) is 4.39 Å². The fraction of sp³-hybridized carbons (Fsp3) is 0.346. The third kappa shape index (κ3) is 3.71. The van der Waals surface area contributed by atoms with Crippen molar-refractivity contribution in [3.05, 3.63) is 66.7 Å². The fourth-order valence-corrected chi connectivity index (χ4v) is 5.25. The van der Waals surface area contributed by atoms with E-state index in [1.807, 2.05) is 12.1 Å². The molecule has 0 atom stereocenters. The highest BCUT2D eigenvalue weighted by atomic mass is 19.1. The van der Waals surface area contributed by atoms with Crippen LogP contribution in [-0.2, 0) is 0 Å². The first-order valence-corrected chi connectivity index (χ1v) is 11.8. The number of piperazine rings is 1. The van der Waals surface area contributed by atoms with Gasteiger partial charge in [0, 0.05) is 43.5 Å². The molecule has 0 radical (unpaired) electrons.